The zero-order chi connectivity index (χ0) is 21.0. The van der Waals surface area contributed by atoms with Crippen LogP contribution in [0.1, 0.15) is 16.7 Å². The first-order chi connectivity index (χ1) is 14.0. The molecule has 0 saturated carbocycles. The third-order valence-corrected chi connectivity index (χ3v) is 4.80. The van der Waals surface area contributed by atoms with E-state index in [2.05, 4.69) is 20.9 Å². The molecule has 0 aliphatic rings. The fraction of sp³-hybridized carbons (Fsp3) is 0.0952. The molecule has 8 heteroatoms. The largest absolute Gasteiger partial charge is 0.493 e. The zero-order valence-corrected chi connectivity index (χ0v) is 16.9. The van der Waals surface area contributed by atoms with Crippen LogP contribution in [0.2, 0.25) is 0 Å². The summed E-state index contributed by atoms with van der Waals surface area (Å²) in [4.78, 5) is 14.5. The maximum absolute atomic E-state index is 12.2. The number of nitriles is 2. The number of ether oxygens (including phenoxy) is 2. The van der Waals surface area contributed by atoms with Crippen LogP contribution in [0, 0.1) is 22.7 Å². The van der Waals surface area contributed by atoms with Crippen molar-refractivity contribution in [3.8, 4) is 34.8 Å². The lowest BCUT2D eigenvalue weighted by Crippen LogP contribution is -2.16. The summed E-state index contributed by atoms with van der Waals surface area (Å²) >= 11 is 3.45. The first-order valence-corrected chi connectivity index (χ1v) is 9.20. The molecule has 1 aromatic heterocycles. The fourth-order valence-corrected chi connectivity index (χ4v) is 3.42. The first-order valence-electron chi connectivity index (χ1n) is 8.40. The third-order valence-electron chi connectivity index (χ3n) is 4.21. The van der Waals surface area contributed by atoms with Crippen molar-refractivity contribution < 1.29 is 9.47 Å². The quantitative estimate of drug-likeness (QED) is 0.609. The molecule has 0 aliphatic heterocycles. The molecule has 144 valence electrons. The number of H-pyrrole nitrogens is 1. The molecule has 1 heterocycles. The lowest BCUT2D eigenvalue weighted by atomic mass is 9.96. The molecule has 7 nitrogen and oxygen atoms in total. The predicted octanol–water partition coefficient (Wildman–Crippen LogP) is 3.72. The van der Waals surface area contributed by atoms with Crippen LogP contribution in [0.25, 0.3) is 11.1 Å². The second kappa shape index (κ2) is 8.51. The van der Waals surface area contributed by atoms with Gasteiger partial charge in [-0.3, -0.25) is 4.79 Å². The number of halogens is 1. The minimum Gasteiger partial charge on any atom is -0.493 e. The molecular weight excluding hydrogens is 436 g/mol. The Hall–Kier alpha value is -3.75. The number of aromatic amines is 1. The number of nitrogens with one attached hydrogen (secondary N) is 1. The van der Waals surface area contributed by atoms with E-state index in [0.717, 1.165) is 5.56 Å². The lowest BCUT2D eigenvalue weighted by Gasteiger charge is -2.16. The summed E-state index contributed by atoms with van der Waals surface area (Å²) in [6, 6.07) is 16.7. The molecule has 0 spiro atoms. The Kier molecular flexibility index (Phi) is 5.87. The molecule has 0 bridgehead atoms. The SMILES string of the molecule is COc1cc(-c2c(C#N)c(N)[nH]c(=O)c2C#N)cc(Br)c1OCc1ccccc1. The molecule has 29 heavy (non-hydrogen) atoms. The maximum Gasteiger partial charge on any atom is 0.268 e. The molecule has 3 rings (SSSR count). The van der Waals surface area contributed by atoms with Gasteiger partial charge in [0.1, 0.15) is 35.7 Å². The van der Waals surface area contributed by atoms with Gasteiger partial charge in [-0.1, -0.05) is 30.3 Å². The van der Waals surface area contributed by atoms with Crippen molar-refractivity contribution in [1.82, 2.24) is 4.98 Å². The number of anilines is 1. The third kappa shape index (κ3) is 3.93. The van der Waals surface area contributed by atoms with Gasteiger partial charge in [-0.05, 0) is 39.2 Å². The Labute approximate surface area is 175 Å². The van der Waals surface area contributed by atoms with Crippen LogP contribution in [-0.4, -0.2) is 12.1 Å². The van der Waals surface area contributed by atoms with Crippen molar-refractivity contribution in [2.75, 3.05) is 12.8 Å². The second-order valence-corrected chi connectivity index (χ2v) is 6.83. The molecule has 0 atom stereocenters. The standard InChI is InChI=1S/C21H15BrN4O3/c1-28-17-8-13(18-14(9-23)20(25)26-21(27)15(18)10-24)7-16(22)19(17)29-11-12-5-3-2-4-6-12/h2-8H,11H2,1H3,(H3,25,26,27). The molecule has 3 N–H and O–H groups in total. The maximum atomic E-state index is 12.2. The van der Waals surface area contributed by atoms with E-state index in [4.69, 9.17) is 15.2 Å². The lowest BCUT2D eigenvalue weighted by molar-refractivity contribution is 0.282. The number of hydrogen-bond acceptors (Lipinski definition) is 6. The number of nitrogen functional groups attached to an aromatic ring is 1. The van der Waals surface area contributed by atoms with E-state index in [9.17, 15) is 15.3 Å². The average molecular weight is 451 g/mol. The van der Waals surface area contributed by atoms with Gasteiger partial charge >= 0.3 is 0 Å². The molecule has 0 saturated heterocycles. The summed E-state index contributed by atoms with van der Waals surface area (Å²) in [5.74, 6) is 0.720. The minimum atomic E-state index is -0.668. The van der Waals surface area contributed by atoms with Crippen LogP contribution in [0.4, 0.5) is 5.82 Å². The van der Waals surface area contributed by atoms with Gasteiger partial charge < -0.3 is 20.2 Å². The minimum absolute atomic E-state index is 0.00746. The smallest absolute Gasteiger partial charge is 0.268 e. The predicted molar refractivity (Wildman–Crippen MR) is 111 cm³/mol. The van der Waals surface area contributed by atoms with E-state index in [1.165, 1.54) is 7.11 Å². The van der Waals surface area contributed by atoms with Gasteiger partial charge in [0.2, 0.25) is 0 Å². The van der Waals surface area contributed by atoms with E-state index in [0.29, 0.717) is 28.1 Å². The summed E-state index contributed by atoms with van der Waals surface area (Å²) in [5.41, 5.74) is 6.47. The number of methoxy groups -OCH3 is 1. The second-order valence-electron chi connectivity index (χ2n) is 5.98. The van der Waals surface area contributed by atoms with E-state index in [1.807, 2.05) is 42.5 Å². The Morgan fingerprint density at radius 1 is 1.14 bits per heavy atom. The van der Waals surface area contributed by atoms with E-state index in [-0.39, 0.29) is 22.5 Å². The Bertz CT molecular complexity index is 1210. The van der Waals surface area contributed by atoms with E-state index < -0.39 is 5.56 Å². The highest BCUT2D eigenvalue weighted by atomic mass is 79.9. The van der Waals surface area contributed by atoms with Crippen molar-refractivity contribution >= 4 is 21.7 Å². The molecule has 0 radical (unpaired) electrons. The molecule has 0 aliphatic carbocycles. The number of aromatic nitrogens is 1. The zero-order valence-electron chi connectivity index (χ0n) is 15.3. The number of nitrogens with two attached hydrogens (primary N) is 1. The highest BCUT2D eigenvalue weighted by molar-refractivity contribution is 9.10. The molecule has 0 amide bonds. The van der Waals surface area contributed by atoms with Gasteiger partial charge in [-0.25, -0.2) is 0 Å². The van der Waals surface area contributed by atoms with Crippen molar-refractivity contribution in [2.24, 2.45) is 0 Å². The van der Waals surface area contributed by atoms with Crippen LogP contribution in [0.3, 0.4) is 0 Å². The van der Waals surface area contributed by atoms with Crippen LogP contribution >= 0.6 is 15.9 Å². The molecule has 0 unspecified atom stereocenters. The normalized spacial score (nSPS) is 10.1. The van der Waals surface area contributed by atoms with Crippen LogP contribution in [0.5, 0.6) is 11.5 Å². The Morgan fingerprint density at radius 3 is 2.45 bits per heavy atom. The molecule has 3 aromatic rings. The Morgan fingerprint density at radius 2 is 1.83 bits per heavy atom. The number of nitrogens with zero attached hydrogens (tertiary/aromatic N) is 2. The van der Waals surface area contributed by atoms with Gasteiger partial charge in [0.25, 0.3) is 5.56 Å². The van der Waals surface area contributed by atoms with Crippen molar-refractivity contribution in [1.29, 1.82) is 10.5 Å². The number of hydrogen-bond donors (Lipinski definition) is 2. The molecule has 0 fully saturated rings. The summed E-state index contributed by atoms with van der Waals surface area (Å²) in [6.45, 7) is 0.319. The van der Waals surface area contributed by atoms with E-state index in [1.54, 1.807) is 12.1 Å². The van der Waals surface area contributed by atoms with Gasteiger partial charge in [-0.15, -0.1) is 0 Å². The van der Waals surface area contributed by atoms with Crippen LogP contribution in [0.15, 0.2) is 51.7 Å². The fourth-order valence-electron chi connectivity index (χ4n) is 2.87. The van der Waals surface area contributed by atoms with Crippen LogP contribution < -0.4 is 20.8 Å². The number of pyridine rings is 1. The van der Waals surface area contributed by atoms with E-state index >= 15 is 0 Å². The average Bonchev–Trinajstić information content (AvgIpc) is 2.72. The topological polar surface area (TPSA) is 125 Å². The molecular formula is C21H15BrN4O3. The number of benzene rings is 2. The summed E-state index contributed by atoms with van der Waals surface area (Å²) in [6.07, 6.45) is 0. The highest BCUT2D eigenvalue weighted by Crippen LogP contribution is 2.41. The first kappa shape index (κ1) is 20.0. The van der Waals surface area contributed by atoms with Gasteiger partial charge in [-0.2, -0.15) is 10.5 Å². The summed E-state index contributed by atoms with van der Waals surface area (Å²) in [5, 5.41) is 18.9. The monoisotopic (exact) mass is 450 g/mol. The Balaban J connectivity index is 2.13. The van der Waals surface area contributed by atoms with Crippen molar-refractivity contribution in [2.45, 2.75) is 6.61 Å². The summed E-state index contributed by atoms with van der Waals surface area (Å²) in [7, 11) is 1.48. The van der Waals surface area contributed by atoms with Crippen LogP contribution in [-0.2, 0) is 6.61 Å². The van der Waals surface area contributed by atoms with Gasteiger partial charge in [0.15, 0.2) is 11.5 Å². The highest BCUT2D eigenvalue weighted by Gasteiger charge is 2.21. The molecule has 2 aromatic carbocycles. The number of rotatable bonds is 5. The summed E-state index contributed by atoms with van der Waals surface area (Å²) < 4.78 is 11.9. The van der Waals surface area contributed by atoms with Crippen molar-refractivity contribution in [3.63, 3.8) is 0 Å². The van der Waals surface area contributed by atoms with Gasteiger partial charge in [0.05, 0.1) is 11.6 Å². The van der Waals surface area contributed by atoms with Gasteiger partial charge in [0, 0.05) is 5.56 Å². The van der Waals surface area contributed by atoms with Crippen molar-refractivity contribution in [3.05, 3.63) is 74.0 Å².